The van der Waals surface area contributed by atoms with Crippen LogP contribution in [0, 0.1) is 13.8 Å². The van der Waals surface area contributed by atoms with E-state index in [1.54, 1.807) is 12.1 Å². The lowest BCUT2D eigenvalue weighted by molar-refractivity contribution is -0.147. The molecule has 1 aliphatic rings. The molecule has 0 aromatic heterocycles. The highest BCUT2D eigenvalue weighted by Crippen LogP contribution is 2.17. The summed E-state index contributed by atoms with van der Waals surface area (Å²) >= 11 is 0. The van der Waals surface area contributed by atoms with Crippen molar-refractivity contribution in [2.45, 2.75) is 63.3 Å². The van der Waals surface area contributed by atoms with Gasteiger partial charge in [-0.1, -0.05) is 31.7 Å². The molecule has 2 rings (SSSR count). The number of hydrogen-bond donors (Lipinski definition) is 2. The van der Waals surface area contributed by atoms with Crippen molar-refractivity contribution in [3.63, 3.8) is 0 Å². The van der Waals surface area contributed by atoms with Crippen LogP contribution in [-0.4, -0.2) is 39.5 Å². The molecule has 0 bridgehead atoms. The van der Waals surface area contributed by atoms with E-state index in [9.17, 15) is 18.0 Å². The highest BCUT2D eigenvalue weighted by Gasteiger charge is 2.18. The maximum Gasteiger partial charge on any atom is 0.321 e. The smallest absolute Gasteiger partial charge is 0.321 e. The minimum Gasteiger partial charge on any atom is -0.455 e. The SMILES string of the molecule is Cc1ccc(S(=O)(=O)NCC(=O)OCC(=O)NC2CCCCCC2)cc1C. The number of carbonyl (C=O) groups excluding carboxylic acids is 2. The minimum atomic E-state index is -3.81. The van der Waals surface area contributed by atoms with E-state index in [2.05, 4.69) is 10.0 Å². The molecule has 150 valence electrons. The van der Waals surface area contributed by atoms with Crippen LogP contribution in [0.15, 0.2) is 23.1 Å². The molecule has 1 amide bonds. The molecule has 1 saturated carbocycles. The Kier molecular flexibility index (Phi) is 7.79. The molecular weight excluding hydrogens is 368 g/mol. The van der Waals surface area contributed by atoms with E-state index >= 15 is 0 Å². The van der Waals surface area contributed by atoms with Crippen LogP contribution in [0.3, 0.4) is 0 Å². The van der Waals surface area contributed by atoms with Gasteiger partial charge < -0.3 is 10.1 Å². The highest BCUT2D eigenvalue weighted by atomic mass is 32.2. The molecule has 27 heavy (non-hydrogen) atoms. The number of amides is 1. The van der Waals surface area contributed by atoms with E-state index in [1.165, 1.54) is 18.9 Å². The van der Waals surface area contributed by atoms with Gasteiger partial charge in [0.25, 0.3) is 5.91 Å². The first-order valence-electron chi connectivity index (χ1n) is 9.30. The molecule has 1 aliphatic carbocycles. The summed E-state index contributed by atoms with van der Waals surface area (Å²) in [7, 11) is -3.81. The minimum absolute atomic E-state index is 0.0875. The number of ether oxygens (including phenoxy) is 1. The van der Waals surface area contributed by atoms with Crippen LogP contribution >= 0.6 is 0 Å². The molecule has 0 aliphatic heterocycles. The van der Waals surface area contributed by atoms with Crippen LogP contribution in [0.4, 0.5) is 0 Å². The van der Waals surface area contributed by atoms with Gasteiger partial charge in [0.15, 0.2) is 6.61 Å². The van der Waals surface area contributed by atoms with Gasteiger partial charge in [0.05, 0.1) is 4.90 Å². The molecule has 7 nitrogen and oxygen atoms in total. The van der Waals surface area contributed by atoms with Gasteiger partial charge in [-0.25, -0.2) is 8.42 Å². The molecule has 1 aromatic carbocycles. The standard InChI is InChI=1S/C19H28N2O5S/c1-14-9-10-17(11-15(14)2)27(24,25)20-12-19(23)26-13-18(22)21-16-7-5-3-4-6-8-16/h9-11,16,20H,3-8,12-13H2,1-2H3,(H,21,22). The molecular formula is C19H28N2O5S. The number of rotatable bonds is 7. The quantitative estimate of drug-likeness (QED) is 0.542. The summed E-state index contributed by atoms with van der Waals surface area (Å²) in [4.78, 5) is 23.7. The van der Waals surface area contributed by atoms with Gasteiger partial charge in [-0.3, -0.25) is 9.59 Å². The van der Waals surface area contributed by atoms with Crippen molar-refractivity contribution in [1.29, 1.82) is 0 Å². The Morgan fingerprint density at radius 2 is 1.74 bits per heavy atom. The summed E-state index contributed by atoms with van der Waals surface area (Å²) in [6.45, 7) is 2.78. The second-order valence-corrected chi connectivity index (χ2v) is 8.75. The van der Waals surface area contributed by atoms with Crippen molar-refractivity contribution >= 4 is 21.9 Å². The van der Waals surface area contributed by atoms with Crippen LogP contribution in [0.2, 0.25) is 0 Å². The van der Waals surface area contributed by atoms with E-state index in [0.29, 0.717) is 0 Å². The number of benzene rings is 1. The first-order valence-corrected chi connectivity index (χ1v) is 10.8. The number of sulfonamides is 1. The number of carbonyl (C=O) groups is 2. The van der Waals surface area contributed by atoms with E-state index in [0.717, 1.165) is 36.8 Å². The largest absolute Gasteiger partial charge is 0.455 e. The van der Waals surface area contributed by atoms with Gasteiger partial charge in [0.1, 0.15) is 6.54 Å². The van der Waals surface area contributed by atoms with Crippen LogP contribution in [0.25, 0.3) is 0 Å². The monoisotopic (exact) mass is 396 g/mol. The van der Waals surface area contributed by atoms with Crippen LogP contribution in [-0.2, 0) is 24.3 Å². The zero-order chi connectivity index (χ0) is 19.9. The Balaban J connectivity index is 1.76. The normalized spacial score (nSPS) is 15.8. The van der Waals surface area contributed by atoms with Gasteiger partial charge in [-0.2, -0.15) is 4.72 Å². The fourth-order valence-electron chi connectivity index (χ4n) is 3.01. The fraction of sp³-hybridized carbons (Fsp3) is 0.579. The summed E-state index contributed by atoms with van der Waals surface area (Å²) in [5.74, 6) is -1.15. The van der Waals surface area contributed by atoms with E-state index < -0.39 is 29.1 Å². The average molecular weight is 397 g/mol. The summed E-state index contributed by atoms with van der Waals surface area (Å²) < 4.78 is 31.5. The van der Waals surface area contributed by atoms with Gasteiger partial charge in [-0.15, -0.1) is 0 Å². The second kappa shape index (κ2) is 9.85. The second-order valence-electron chi connectivity index (χ2n) is 6.99. The molecule has 0 radical (unpaired) electrons. The number of nitrogens with one attached hydrogen (secondary N) is 2. The Hall–Kier alpha value is -1.93. The van der Waals surface area contributed by atoms with E-state index in [4.69, 9.17) is 4.74 Å². The summed E-state index contributed by atoms with van der Waals surface area (Å²) in [5, 5.41) is 2.87. The van der Waals surface area contributed by atoms with Crippen molar-refractivity contribution < 1.29 is 22.7 Å². The molecule has 0 saturated heterocycles. The van der Waals surface area contributed by atoms with Crippen molar-refractivity contribution in [2.24, 2.45) is 0 Å². The predicted molar refractivity (Wildman–Crippen MR) is 102 cm³/mol. The highest BCUT2D eigenvalue weighted by molar-refractivity contribution is 7.89. The first kappa shape index (κ1) is 21.4. The molecule has 1 aromatic rings. The van der Waals surface area contributed by atoms with Crippen LogP contribution < -0.4 is 10.0 Å². The maximum atomic E-state index is 12.2. The first-order chi connectivity index (χ1) is 12.8. The number of esters is 1. The van der Waals surface area contributed by atoms with E-state index in [-0.39, 0.29) is 16.8 Å². The zero-order valence-electron chi connectivity index (χ0n) is 15.9. The third kappa shape index (κ3) is 6.95. The lowest BCUT2D eigenvalue weighted by atomic mass is 10.1. The summed E-state index contributed by atoms with van der Waals surface area (Å²) in [6.07, 6.45) is 6.42. The molecule has 8 heteroatoms. The van der Waals surface area contributed by atoms with Crippen molar-refractivity contribution in [3.05, 3.63) is 29.3 Å². The zero-order valence-corrected chi connectivity index (χ0v) is 16.7. The van der Waals surface area contributed by atoms with Gasteiger partial charge in [-0.05, 0) is 49.9 Å². The fourth-order valence-corrected chi connectivity index (χ4v) is 4.06. The Morgan fingerprint density at radius 3 is 2.37 bits per heavy atom. The van der Waals surface area contributed by atoms with Crippen LogP contribution in [0.5, 0.6) is 0 Å². The lowest BCUT2D eigenvalue weighted by Crippen LogP contribution is -2.38. The third-order valence-electron chi connectivity index (χ3n) is 4.78. The molecule has 1 fully saturated rings. The van der Waals surface area contributed by atoms with Crippen molar-refractivity contribution in [1.82, 2.24) is 10.0 Å². The average Bonchev–Trinajstić information content (AvgIpc) is 2.89. The van der Waals surface area contributed by atoms with Gasteiger partial charge in [0, 0.05) is 6.04 Å². The number of hydrogen-bond acceptors (Lipinski definition) is 5. The molecule has 2 N–H and O–H groups in total. The Morgan fingerprint density at radius 1 is 1.07 bits per heavy atom. The van der Waals surface area contributed by atoms with E-state index in [1.807, 2.05) is 13.8 Å². The maximum absolute atomic E-state index is 12.2. The Bertz CT molecular complexity index is 768. The molecule has 0 spiro atoms. The summed E-state index contributed by atoms with van der Waals surface area (Å²) in [6, 6.07) is 4.86. The Labute approximate surface area is 160 Å². The van der Waals surface area contributed by atoms with Gasteiger partial charge in [0.2, 0.25) is 10.0 Å². The topological polar surface area (TPSA) is 102 Å². The molecule has 0 unspecified atom stereocenters. The lowest BCUT2D eigenvalue weighted by Gasteiger charge is -2.16. The number of aryl methyl sites for hydroxylation is 2. The predicted octanol–water partition coefficient (Wildman–Crippen LogP) is 1.96. The molecule has 0 heterocycles. The van der Waals surface area contributed by atoms with Gasteiger partial charge >= 0.3 is 5.97 Å². The van der Waals surface area contributed by atoms with Crippen molar-refractivity contribution in [3.8, 4) is 0 Å². The molecule has 0 atom stereocenters. The van der Waals surface area contributed by atoms with Crippen LogP contribution in [0.1, 0.15) is 49.7 Å². The third-order valence-corrected chi connectivity index (χ3v) is 6.18. The summed E-state index contributed by atoms with van der Waals surface area (Å²) in [5.41, 5.74) is 1.82. The van der Waals surface area contributed by atoms with Crippen molar-refractivity contribution in [2.75, 3.05) is 13.2 Å².